The lowest BCUT2D eigenvalue weighted by Crippen LogP contribution is -2.14. The molecule has 0 saturated heterocycles. The summed E-state index contributed by atoms with van der Waals surface area (Å²) < 4.78 is 0. The molecule has 0 fully saturated rings. The summed E-state index contributed by atoms with van der Waals surface area (Å²) in [7, 11) is 0. The first-order chi connectivity index (χ1) is 10.7. The van der Waals surface area contributed by atoms with Gasteiger partial charge in [0, 0.05) is 22.6 Å². The van der Waals surface area contributed by atoms with Crippen LogP contribution in [0.4, 0.5) is 10.8 Å². The molecule has 2 rings (SSSR count). The fourth-order valence-corrected chi connectivity index (χ4v) is 2.73. The average Bonchev–Trinajstić information content (AvgIpc) is 2.96. The molecule has 0 radical (unpaired) electrons. The van der Waals surface area contributed by atoms with Crippen LogP contribution in [0.2, 0.25) is 0 Å². The second-order valence-corrected chi connectivity index (χ2v) is 6.84. The number of hydrogen-bond acceptors (Lipinski definition) is 6. The number of nitrogens with one attached hydrogen (secondary N) is 1. The molecular weight excluding hydrogens is 316 g/mol. The van der Waals surface area contributed by atoms with Crippen LogP contribution in [0.25, 0.3) is 0 Å². The molecule has 0 aliphatic carbocycles. The monoisotopic (exact) mass is 334 g/mol. The molecule has 8 heteroatoms. The Morgan fingerprint density at radius 2 is 2.09 bits per heavy atom. The van der Waals surface area contributed by atoms with Crippen molar-refractivity contribution < 1.29 is 9.72 Å². The normalized spacial score (nSPS) is 11.3. The Bertz CT molecular complexity index is 755. The minimum absolute atomic E-state index is 0.0808. The standard InChI is InChI=1S/C15H18N4O3S/c1-5-15(3,4)13-17-18-14(23-13)16-12(20)10-7-6-9(2)11(8-10)19(21)22/h6-8H,5H2,1-4H3,(H,16,18,20). The van der Waals surface area contributed by atoms with Gasteiger partial charge in [0.25, 0.3) is 11.6 Å². The van der Waals surface area contributed by atoms with Gasteiger partial charge in [-0.25, -0.2) is 0 Å². The van der Waals surface area contributed by atoms with Gasteiger partial charge in [-0.1, -0.05) is 38.2 Å². The smallest absolute Gasteiger partial charge is 0.273 e. The number of benzene rings is 1. The van der Waals surface area contributed by atoms with Crippen LogP contribution in [-0.4, -0.2) is 21.0 Å². The van der Waals surface area contributed by atoms with Crippen LogP contribution < -0.4 is 5.32 Å². The lowest BCUT2D eigenvalue weighted by atomic mass is 9.91. The van der Waals surface area contributed by atoms with Crippen molar-refractivity contribution in [1.82, 2.24) is 10.2 Å². The number of nitro groups is 1. The van der Waals surface area contributed by atoms with Crippen molar-refractivity contribution in [2.24, 2.45) is 0 Å². The van der Waals surface area contributed by atoms with E-state index in [9.17, 15) is 14.9 Å². The van der Waals surface area contributed by atoms with Crippen molar-refractivity contribution >= 4 is 28.1 Å². The Balaban J connectivity index is 2.20. The molecule has 0 bridgehead atoms. The largest absolute Gasteiger partial charge is 0.296 e. The molecule has 0 aliphatic heterocycles. The number of amides is 1. The molecule has 122 valence electrons. The first kappa shape index (κ1) is 17.0. The third kappa shape index (κ3) is 3.70. The molecule has 0 aliphatic rings. The van der Waals surface area contributed by atoms with E-state index in [1.807, 2.05) is 0 Å². The second kappa shape index (κ2) is 6.41. The predicted octanol–water partition coefficient (Wildman–Crippen LogP) is 3.69. The SMILES string of the molecule is CCC(C)(C)c1nnc(NC(=O)c2ccc(C)c([N+](=O)[O-])c2)s1. The molecule has 23 heavy (non-hydrogen) atoms. The first-order valence-electron chi connectivity index (χ1n) is 7.15. The van der Waals surface area contributed by atoms with Crippen LogP contribution in [-0.2, 0) is 5.41 Å². The van der Waals surface area contributed by atoms with E-state index in [2.05, 4.69) is 36.3 Å². The van der Waals surface area contributed by atoms with Crippen molar-refractivity contribution in [2.45, 2.75) is 39.5 Å². The number of hydrogen-bond donors (Lipinski definition) is 1. The van der Waals surface area contributed by atoms with Crippen LogP contribution in [0.5, 0.6) is 0 Å². The molecule has 7 nitrogen and oxygen atoms in total. The molecule has 1 amide bonds. The summed E-state index contributed by atoms with van der Waals surface area (Å²) >= 11 is 1.31. The quantitative estimate of drug-likeness (QED) is 0.664. The average molecular weight is 334 g/mol. The third-order valence-electron chi connectivity index (χ3n) is 3.78. The molecule has 2 aromatic rings. The van der Waals surface area contributed by atoms with Crippen molar-refractivity contribution in [1.29, 1.82) is 0 Å². The zero-order valence-corrected chi connectivity index (χ0v) is 14.2. The van der Waals surface area contributed by atoms with E-state index in [-0.39, 0.29) is 16.7 Å². The van der Waals surface area contributed by atoms with Gasteiger partial charge in [0.1, 0.15) is 5.01 Å². The summed E-state index contributed by atoms with van der Waals surface area (Å²) in [6.45, 7) is 7.81. The van der Waals surface area contributed by atoms with E-state index < -0.39 is 10.8 Å². The Morgan fingerprint density at radius 1 is 1.39 bits per heavy atom. The van der Waals surface area contributed by atoms with Gasteiger partial charge in [0.2, 0.25) is 5.13 Å². The highest BCUT2D eigenvalue weighted by atomic mass is 32.1. The first-order valence-corrected chi connectivity index (χ1v) is 7.96. The molecular formula is C15H18N4O3S. The third-order valence-corrected chi connectivity index (χ3v) is 4.98. The number of aromatic nitrogens is 2. The van der Waals surface area contributed by atoms with E-state index in [4.69, 9.17) is 0 Å². The van der Waals surface area contributed by atoms with Gasteiger partial charge >= 0.3 is 0 Å². The Kier molecular flexibility index (Phi) is 4.74. The summed E-state index contributed by atoms with van der Waals surface area (Å²) in [6.07, 6.45) is 0.903. The van der Waals surface area contributed by atoms with Gasteiger partial charge in [-0.3, -0.25) is 20.2 Å². The van der Waals surface area contributed by atoms with Crippen molar-refractivity contribution in [3.05, 3.63) is 44.4 Å². The van der Waals surface area contributed by atoms with Crippen molar-refractivity contribution in [3.8, 4) is 0 Å². The Morgan fingerprint density at radius 3 is 2.70 bits per heavy atom. The van der Waals surface area contributed by atoms with Gasteiger partial charge in [0.15, 0.2) is 0 Å². The molecule has 0 atom stereocenters. The minimum atomic E-state index is -0.501. The van der Waals surface area contributed by atoms with Gasteiger partial charge in [0.05, 0.1) is 4.92 Å². The number of nitrogens with zero attached hydrogens (tertiary/aromatic N) is 3. The van der Waals surface area contributed by atoms with Gasteiger partial charge in [-0.2, -0.15) is 0 Å². The molecule has 1 aromatic carbocycles. The van der Waals surface area contributed by atoms with Crippen molar-refractivity contribution in [2.75, 3.05) is 5.32 Å². The Hall–Kier alpha value is -2.35. The maximum Gasteiger partial charge on any atom is 0.273 e. The topological polar surface area (TPSA) is 98.0 Å². The number of nitro benzene ring substituents is 1. The molecule has 0 unspecified atom stereocenters. The highest BCUT2D eigenvalue weighted by Crippen LogP contribution is 2.31. The van der Waals surface area contributed by atoms with Crippen LogP contribution >= 0.6 is 11.3 Å². The lowest BCUT2D eigenvalue weighted by Gasteiger charge is -2.17. The highest BCUT2D eigenvalue weighted by Gasteiger charge is 2.24. The number of carbonyl (C=O) groups is 1. The fourth-order valence-electron chi connectivity index (χ4n) is 1.82. The summed E-state index contributed by atoms with van der Waals surface area (Å²) in [6, 6.07) is 4.37. The van der Waals surface area contributed by atoms with Crippen LogP contribution in [0, 0.1) is 17.0 Å². The molecule has 0 saturated carbocycles. The van der Waals surface area contributed by atoms with Crippen molar-refractivity contribution in [3.63, 3.8) is 0 Å². The summed E-state index contributed by atoms with van der Waals surface area (Å²) in [5.74, 6) is -0.440. The summed E-state index contributed by atoms with van der Waals surface area (Å²) in [4.78, 5) is 22.7. The summed E-state index contributed by atoms with van der Waals surface area (Å²) in [5, 5.41) is 22.9. The fraction of sp³-hybridized carbons (Fsp3) is 0.400. The minimum Gasteiger partial charge on any atom is -0.296 e. The maximum atomic E-state index is 12.2. The molecule has 1 N–H and O–H groups in total. The van der Waals surface area contributed by atoms with E-state index in [0.717, 1.165) is 11.4 Å². The van der Waals surface area contributed by atoms with E-state index in [0.29, 0.717) is 10.7 Å². The summed E-state index contributed by atoms with van der Waals surface area (Å²) in [5.41, 5.74) is 0.537. The number of aryl methyl sites for hydroxylation is 1. The maximum absolute atomic E-state index is 12.2. The predicted molar refractivity (Wildman–Crippen MR) is 89.0 cm³/mol. The molecule has 1 aromatic heterocycles. The van der Waals surface area contributed by atoms with Crippen LogP contribution in [0.1, 0.15) is 48.1 Å². The molecule has 1 heterocycles. The second-order valence-electron chi connectivity index (χ2n) is 5.86. The van der Waals surface area contributed by atoms with Crippen LogP contribution in [0.3, 0.4) is 0 Å². The highest BCUT2D eigenvalue weighted by molar-refractivity contribution is 7.15. The Labute approximate surface area is 137 Å². The number of carbonyl (C=O) groups excluding carboxylic acids is 1. The number of anilines is 1. The van der Waals surface area contributed by atoms with Gasteiger partial charge < -0.3 is 0 Å². The number of rotatable bonds is 5. The van der Waals surface area contributed by atoms with Gasteiger partial charge in [-0.15, -0.1) is 10.2 Å². The van der Waals surface area contributed by atoms with E-state index in [1.165, 1.54) is 17.4 Å². The van der Waals surface area contributed by atoms with Gasteiger partial charge in [-0.05, 0) is 19.4 Å². The zero-order valence-electron chi connectivity index (χ0n) is 13.4. The van der Waals surface area contributed by atoms with Crippen LogP contribution in [0.15, 0.2) is 18.2 Å². The van der Waals surface area contributed by atoms with E-state index >= 15 is 0 Å². The lowest BCUT2D eigenvalue weighted by molar-refractivity contribution is -0.385. The molecule has 0 spiro atoms. The zero-order chi connectivity index (χ0) is 17.2. The van der Waals surface area contributed by atoms with E-state index in [1.54, 1.807) is 19.1 Å².